The van der Waals surface area contributed by atoms with Gasteiger partial charge in [-0.05, 0) is 19.9 Å². The molecule has 2 N–H and O–H groups in total. The second kappa shape index (κ2) is 6.78. The van der Waals surface area contributed by atoms with Gasteiger partial charge in [0.15, 0.2) is 17.3 Å². The molecule has 0 atom stereocenters. The summed E-state index contributed by atoms with van der Waals surface area (Å²) in [6.45, 7) is 4.23. The van der Waals surface area contributed by atoms with Gasteiger partial charge in [0.25, 0.3) is 5.88 Å². The number of aromatic hydroxyl groups is 1. The predicted molar refractivity (Wildman–Crippen MR) is 79.8 cm³/mol. The Morgan fingerprint density at radius 1 is 1.24 bits per heavy atom. The zero-order valence-corrected chi connectivity index (χ0v) is 12.3. The number of hydrogen-bond acceptors (Lipinski definition) is 6. The molecule has 0 amide bonds. The quantitative estimate of drug-likeness (QED) is 0.851. The number of benzene rings is 1. The predicted octanol–water partition coefficient (Wildman–Crippen LogP) is 2.59. The fourth-order valence-corrected chi connectivity index (χ4v) is 1.81. The maximum Gasteiger partial charge on any atom is 0.257 e. The lowest BCUT2D eigenvalue weighted by molar-refractivity contribution is 0.233. The lowest BCUT2D eigenvalue weighted by Gasteiger charge is -2.14. The maximum absolute atomic E-state index is 10.0. The minimum atomic E-state index is 0.00692. The molecule has 2 aromatic rings. The normalized spacial score (nSPS) is 10.5. The first kappa shape index (κ1) is 14.9. The van der Waals surface area contributed by atoms with Crippen molar-refractivity contribution in [3.63, 3.8) is 0 Å². The van der Waals surface area contributed by atoms with Crippen LogP contribution in [0.15, 0.2) is 30.6 Å². The molecule has 0 aliphatic heterocycles. The van der Waals surface area contributed by atoms with Crippen molar-refractivity contribution in [2.24, 2.45) is 0 Å². The van der Waals surface area contributed by atoms with Crippen LogP contribution in [0.1, 0.15) is 19.4 Å². The molecule has 0 fully saturated rings. The number of hydrogen-bond donors (Lipinski definition) is 2. The van der Waals surface area contributed by atoms with E-state index >= 15 is 0 Å². The Balaban J connectivity index is 2.13. The Bertz CT molecular complexity index is 602. The largest absolute Gasteiger partial charge is 0.504 e. The van der Waals surface area contributed by atoms with Crippen LogP contribution >= 0.6 is 0 Å². The highest BCUT2D eigenvalue weighted by Crippen LogP contribution is 2.30. The van der Waals surface area contributed by atoms with Crippen LogP contribution in [-0.4, -0.2) is 28.3 Å². The molecule has 2 rings (SSSR count). The van der Waals surface area contributed by atoms with Gasteiger partial charge in [-0.1, -0.05) is 12.1 Å². The van der Waals surface area contributed by atoms with Gasteiger partial charge in [-0.25, -0.2) is 9.97 Å². The molecule has 6 heteroatoms. The van der Waals surface area contributed by atoms with Gasteiger partial charge in [-0.15, -0.1) is 0 Å². The molecule has 0 radical (unpaired) electrons. The minimum absolute atomic E-state index is 0.00692. The van der Waals surface area contributed by atoms with E-state index in [1.807, 2.05) is 26.0 Å². The van der Waals surface area contributed by atoms with Crippen LogP contribution in [0.4, 0.5) is 5.82 Å². The van der Waals surface area contributed by atoms with Crippen LogP contribution in [0.25, 0.3) is 0 Å². The molecule has 0 spiro atoms. The fraction of sp³-hybridized carbons (Fsp3) is 0.333. The molecule has 0 aliphatic carbocycles. The third-order valence-corrected chi connectivity index (χ3v) is 2.76. The van der Waals surface area contributed by atoms with Crippen LogP contribution in [0.3, 0.4) is 0 Å². The molecule has 21 heavy (non-hydrogen) atoms. The molecule has 1 aromatic heterocycles. The number of phenolic OH excluding ortho intramolecular Hbond substituents is 1. The van der Waals surface area contributed by atoms with Gasteiger partial charge in [-0.3, -0.25) is 0 Å². The zero-order chi connectivity index (χ0) is 15.2. The summed E-state index contributed by atoms with van der Waals surface area (Å²) < 4.78 is 10.7. The Hall–Kier alpha value is -2.50. The smallest absolute Gasteiger partial charge is 0.257 e. The summed E-state index contributed by atoms with van der Waals surface area (Å²) in [4.78, 5) is 8.36. The lowest BCUT2D eigenvalue weighted by atomic mass is 10.2. The third-order valence-electron chi connectivity index (χ3n) is 2.76. The molecular formula is C15H19N3O3. The summed E-state index contributed by atoms with van der Waals surface area (Å²) >= 11 is 0. The standard InChI is InChI=1S/C15H19N3O3/c1-10(2)21-15-14(16-7-8-17-15)18-9-11-5-4-6-12(20-3)13(11)19/h4-8,10,19H,9H2,1-3H3,(H,16,18). The van der Waals surface area contributed by atoms with Gasteiger partial charge in [0.2, 0.25) is 0 Å². The second-order valence-corrected chi connectivity index (χ2v) is 4.70. The topological polar surface area (TPSA) is 76.5 Å². The fourth-order valence-electron chi connectivity index (χ4n) is 1.81. The molecule has 112 valence electrons. The summed E-state index contributed by atoms with van der Waals surface area (Å²) in [7, 11) is 1.52. The van der Waals surface area contributed by atoms with E-state index in [9.17, 15) is 5.11 Å². The number of phenols is 1. The van der Waals surface area contributed by atoms with E-state index in [4.69, 9.17) is 9.47 Å². The summed E-state index contributed by atoms with van der Waals surface area (Å²) in [6.07, 6.45) is 3.17. The Labute approximate surface area is 123 Å². The van der Waals surface area contributed by atoms with Crippen molar-refractivity contribution in [2.75, 3.05) is 12.4 Å². The second-order valence-electron chi connectivity index (χ2n) is 4.70. The van der Waals surface area contributed by atoms with Crippen LogP contribution in [-0.2, 0) is 6.54 Å². The van der Waals surface area contributed by atoms with E-state index < -0.39 is 0 Å². The van der Waals surface area contributed by atoms with Crippen molar-refractivity contribution in [3.8, 4) is 17.4 Å². The average molecular weight is 289 g/mol. The highest BCUT2D eigenvalue weighted by Gasteiger charge is 2.11. The van der Waals surface area contributed by atoms with E-state index in [-0.39, 0.29) is 11.9 Å². The Kier molecular flexibility index (Phi) is 4.81. The number of nitrogens with one attached hydrogen (secondary N) is 1. The van der Waals surface area contributed by atoms with Gasteiger partial charge < -0.3 is 19.9 Å². The van der Waals surface area contributed by atoms with Crippen LogP contribution in [0, 0.1) is 0 Å². The monoisotopic (exact) mass is 289 g/mol. The van der Waals surface area contributed by atoms with Crippen molar-refractivity contribution in [1.29, 1.82) is 0 Å². The number of ether oxygens (including phenoxy) is 2. The summed E-state index contributed by atoms with van der Waals surface area (Å²) in [5, 5.41) is 13.2. The number of para-hydroxylation sites is 1. The first-order valence-corrected chi connectivity index (χ1v) is 6.68. The van der Waals surface area contributed by atoms with Crippen molar-refractivity contribution >= 4 is 5.82 Å². The van der Waals surface area contributed by atoms with Crippen molar-refractivity contribution < 1.29 is 14.6 Å². The van der Waals surface area contributed by atoms with E-state index in [2.05, 4.69) is 15.3 Å². The number of methoxy groups -OCH3 is 1. The Morgan fingerprint density at radius 3 is 2.71 bits per heavy atom. The van der Waals surface area contributed by atoms with Crippen LogP contribution in [0.5, 0.6) is 17.4 Å². The van der Waals surface area contributed by atoms with Gasteiger partial charge >= 0.3 is 0 Å². The number of nitrogens with zero attached hydrogens (tertiary/aromatic N) is 2. The molecule has 1 heterocycles. The highest BCUT2D eigenvalue weighted by molar-refractivity contribution is 5.49. The average Bonchev–Trinajstić information content (AvgIpc) is 2.47. The summed E-state index contributed by atoms with van der Waals surface area (Å²) in [5.74, 6) is 1.53. The van der Waals surface area contributed by atoms with Crippen LogP contribution in [0.2, 0.25) is 0 Å². The van der Waals surface area contributed by atoms with E-state index in [0.717, 1.165) is 0 Å². The molecule has 0 saturated carbocycles. The zero-order valence-electron chi connectivity index (χ0n) is 12.3. The molecule has 0 bridgehead atoms. The van der Waals surface area contributed by atoms with Gasteiger partial charge in [0.05, 0.1) is 13.2 Å². The molecule has 0 unspecified atom stereocenters. The van der Waals surface area contributed by atoms with Crippen molar-refractivity contribution in [3.05, 3.63) is 36.2 Å². The maximum atomic E-state index is 10.0. The first-order valence-electron chi connectivity index (χ1n) is 6.68. The minimum Gasteiger partial charge on any atom is -0.504 e. The van der Waals surface area contributed by atoms with Gasteiger partial charge in [0.1, 0.15) is 0 Å². The molecule has 0 saturated heterocycles. The van der Waals surface area contributed by atoms with E-state index in [1.54, 1.807) is 18.5 Å². The summed E-state index contributed by atoms with van der Waals surface area (Å²) in [6, 6.07) is 5.33. The van der Waals surface area contributed by atoms with Crippen molar-refractivity contribution in [1.82, 2.24) is 9.97 Å². The SMILES string of the molecule is COc1cccc(CNc2nccnc2OC(C)C)c1O. The lowest BCUT2D eigenvalue weighted by Crippen LogP contribution is -2.11. The molecule has 6 nitrogen and oxygen atoms in total. The van der Waals surface area contributed by atoms with Crippen LogP contribution < -0.4 is 14.8 Å². The van der Waals surface area contributed by atoms with Crippen molar-refractivity contribution in [2.45, 2.75) is 26.5 Å². The van der Waals surface area contributed by atoms with E-state index in [1.165, 1.54) is 7.11 Å². The highest BCUT2D eigenvalue weighted by atomic mass is 16.5. The molecular weight excluding hydrogens is 270 g/mol. The Morgan fingerprint density at radius 2 is 2.00 bits per heavy atom. The van der Waals surface area contributed by atoms with E-state index in [0.29, 0.717) is 29.6 Å². The summed E-state index contributed by atoms with van der Waals surface area (Å²) in [5.41, 5.74) is 0.704. The third kappa shape index (κ3) is 3.75. The molecule has 0 aliphatic rings. The van der Waals surface area contributed by atoms with Gasteiger partial charge in [0, 0.05) is 24.5 Å². The number of rotatable bonds is 6. The van der Waals surface area contributed by atoms with Gasteiger partial charge in [-0.2, -0.15) is 0 Å². The molecule has 1 aromatic carbocycles. The number of anilines is 1. The number of aromatic nitrogens is 2. The first-order chi connectivity index (χ1) is 10.1.